The van der Waals surface area contributed by atoms with Crippen LogP contribution in [0, 0.1) is 0 Å². The van der Waals surface area contributed by atoms with Crippen LogP contribution in [0.15, 0.2) is 41.8 Å². The number of hydrogen-bond donors (Lipinski definition) is 1. The van der Waals surface area contributed by atoms with E-state index < -0.39 is 0 Å². The third kappa shape index (κ3) is 4.47. The fourth-order valence-electron chi connectivity index (χ4n) is 1.77. The molecule has 0 saturated heterocycles. The fourth-order valence-corrected chi connectivity index (χ4v) is 2.41. The fraction of sp³-hybridized carbons (Fsp3) is 0.312. The van der Waals surface area contributed by atoms with Crippen molar-refractivity contribution in [1.82, 2.24) is 5.32 Å². The summed E-state index contributed by atoms with van der Waals surface area (Å²) in [6.07, 6.45) is 0.220. The first-order chi connectivity index (χ1) is 9.65. The highest BCUT2D eigenvalue weighted by Gasteiger charge is 2.06. The lowest BCUT2D eigenvalue weighted by atomic mass is 10.1. The summed E-state index contributed by atoms with van der Waals surface area (Å²) in [4.78, 5) is 12.6. The molecule has 1 aromatic carbocycles. The minimum Gasteiger partial charge on any atom is -0.374 e. The van der Waals surface area contributed by atoms with Gasteiger partial charge in [0, 0.05) is 6.54 Å². The van der Waals surface area contributed by atoms with Crippen LogP contribution < -0.4 is 5.32 Å². The van der Waals surface area contributed by atoms with Crippen molar-refractivity contribution in [2.45, 2.75) is 33.1 Å². The van der Waals surface area contributed by atoms with E-state index in [1.165, 1.54) is 11.3 Å². The van der Waals surface area contributed by atoms with Crippen LogP contribution in [0.25, 0.3) is 0 Å². The summed E-state index contributed by atoms with van der Waals surface area (Å²) in [5.41, 5.74) is 2.21. The molecule has 1 heterocycles. The van der Waals surface area contributed by atoms with E-state index in [0.717, 1.165) is 16.0 Å². The molecule has 0 spiro atoms. The Labute approximate surface area is 123 Å². The highest BCUT2D eigenvalue weighted by molar-refractivity contribution is 7.12. The Hall–Kier alpha value is -1.65. The predicted octanol–water partition coefficient (Wildman–Crippen LogP) is 3.60. The number of hydrogen-bond acceptors (Lipinski definition) is 3. The summed E-state index contributed by atoms with van der Waals surface area (Å²) in [7, 11) is 0. The zero-order chi connectivity index (χ0) is 14.4. The van der Waals surface area contributed by atoms with E-state index in [0.29, 0.717) is 13.2 Å². The Kier molecular flexibility index (Phi) is 5.32. The molecular formula is C16H19NO2S. The van der Waals surface area contributed by atoms with E-state index in [4.69, 9.17) is 4.74 Å². The lowest BCUT2D eigenvalue weighted by molar-refractivity contribution is 0.0657. The Morgan fingerprint density at radius 1 is 1.25 bits per heavy atom. The summed E-state index contributed by atoms with van der Waals surface area (Å²) in [6, 6.07) is 11.8. The topological polar surface area (TPSA) is 38.3 Å². The minimum atomic E-state index is -0.0242. The van der Waals surface area contributed by atoms with Gasteiger partial charge in [-0.05, 0) is 36.4 Å². The van der Waals surface area contributed by atoms with Crippen LogP contribution in [0.5, 0.6) is 0 Å². The number of rotatable bonds is 6. The molecule has 2 rings (SSSR count). The van der Waals surface area contributed by atoms with Gasteiger partial charge in [-0.15, -0.1) is 11.3 Å². The van der Waals surface area contributed by atoms with Crippen molar-refractivity contribution in [2.24, 2.45) is 0 Å². The van der Waals surface area contributed by atoms with Gasteiger partial charge in [-0.25, -0.2) is 0 Å². The van der Waals surface area contributed by atoms with Gasteiger partial charge in [0.2, 0.25) is 0 Å². The molecule has 106 valence electrons. The molecule has 0 aliphatic heterocycles. The summed E-state index contributed by atoms with van der Waals surface area (Å²) in [6.45, 7) is 5.17. The SMILES string of the molecule is CC(C)OCc1cccc(CNC(=O)c2cccs2)c1. The maximum absolute atomic E-state index is 11.9. The third-order valence-corrected chi connectivity index (χ3v) is 3.64. The monoisotopic (exact) mass is 289 g/mol. The first-order valence-corrected chi connectivity index (χ1v) is 7.54. The van der Waals surface area contributed by atoms with Gasteiger partial charge in [0.25, 0.3) is 5.91 Å². The smallest absolute Gasteiger partial charge is 0.261 e. The zero-order valence-electron chi connectivity index (χ0n) is 11.8. The van der Waals surface area contributed by atoms with Gasteiger partial charge in [-0.1, -0.05) is 30.3 Å². The van der Waals surface area contributed by atoms with E-state index in [-0.39, 0.29) is 12.0 Å². The van der Waals surface area contributed by atoms with Crippen LogP contribution in [0.4, 0.5) is 0 Å². The molecule has 0 fully saturated rings. The van der Waals surface area contributed by atoms with Crippen LogP contribution in [-0.4, -0.2) is 12.0 Å². The number of thiophene rings is 1. The van der Waals surface area contributed by atoms with Crippen LogP contribution >= 0.6 is 11.3 Å². The second-order valence-corrected chi connectivity index (χ2v) is 5.79. The summed E-state index contributed by atoms with van der Waals surface area (Å²) < 4.78 is 5.58. The average molecular weight is 289 g/mol. The van der Waals surface area contributed by atoms with Crippen molar-refractivity contribution in [1.29, 1.82) is 0 Å². The van der Waals surface area contributed by atoms with Gasteiger partial charge < -0.3 is 10.1 Å². The molecule has 0 saturated carbocycles. The van der Waals surface area contributed by atoms with Crippen molar-refractivity contribution in [3.63, 3.8) is 0 Å². The molecule has 4 heteroatoms. The van der Waals surface area contributed by atoms with Crippen molar-refractivity contribution in [3.05, 3.63) is 57.8 Å². The standard InChI is InChI=1S/C16H19NO2S/c1-12(2)19-11-14-6-3-5-13(9-14)10-17-16(18)15-7-4-8-20-15/h3-9,12H,10-11H2,1-2H3,(H,17,18). The molecule has 1 N–H and O–H groups in total. The molecule has 20 heavy (non-hydrogen) atoms. The Bertz CT molecular complexity index is 549. The lowest BCUT2D eigenvalue weighted by Crippen LogP contribution is -2.21. The highest BCUT2D eigenvalue weighted by Crippen LogP contribution is 2.10. The van der Waals surface area contributed by atoms with Gasteiger partial charge in [-0.2, -0.15) is 0 Å². The second kappa shape index (κ2) is 7.22. The molecule has 1 amide bonds. The van der Waals surface area contributed by atoms with Crippen LogP contribution in [0.1, 0.15) is 34.6 Å². The van der Waals surface area contributed by atoms with Gasteiger partial charge in [0.15, 0.2) is 0 Å². The van der Waals surface area contributed by atoms with Crippen molar-refractivity contribution >= 4 is 17.2 Å². The lowest BCUT2D eigenvalue weighted by Gasteiger charge is -2.09. The normalized spacial score (nSPS) is 10.8. The summed E-state index contributed by atoms with van der Waals surface area (Å²) in [5, 5.41) is 4.83. The second-order valence-electron chi connectivity index (χ2n) is 4.84. The number of ether oxygens (including phenoxy) is 1. The van der Waals surface area contributed by atoms with Crippen LogP contribution in [0.2, 0.25) is 0 Å². The molecule has 3 nitrogen and oxygen atoms in total. The molecule has 0 aliphatic rings. The summed E-state index contributed by atoms with van der Waals surface area (Å²) in [5.74, 6) is -0.0242. The number of nitrogens with one attached hydrogen (secondary N) is 1. The van der Waals surface area contributed by atoms with Crippen molar-refractivity contribution < 1.29 is 9.53 Å². The maximum atomic E-state index is 11.9. The maximum Gasteiger partial charge on any atom is 0.261 e. The molecule has 0 radical (unpaired) electrons. The Morgan fingerprint density at radius 2 is 2.05 bits per heavy atom. The quantitative estimate of drug-likeness (QED) is 0.882. The van der Waals surface area contributed by atoms with E-state index >= 15 is 0 Å². The first-order valence-electron chi connectivity index (χ1n) is 6.66. The van der Waals surface area contributed by atoms with E-state index in [9.17, 15) is 4.79 Å². The Morgan fingerprint density at radius 3 is 2.75 bits per heavy atom. The minimum absolute atomic E-state index is 0.0242. The molecule has 2 aromatic rings. The number of benzene rings is 1. The molecule has 1 aromatic heterocycles. The molecule has 0 aliphatic carbocycles. The number of carbonyl (C=O) groups is 1. The van der Waals surface area contributed by atoms with Crippen molar-refractivity contribution in [3.8, 4) is 0 Å². The largest absolute Gasteiger partial charge is 0.374 e. The summed E-state index contributed by atoms with van der Waals surface area (Å²) >= 11 is 1.45. The highest BCUT2D eigenvalue weighted by atomic mass is 32.1. The Balaban J connectivity index is 1.89. The first kappa shape index (κ1) is 14.8. The molecule has 0 unspecified atom stereocenters. The number of carbonyl (C=O) groups excluding carboxylic acids is 1. The van der Waals surface area contributed by atoms with Gasteiger partial charge >= 0.3 is 0 Å². The molecule has 0 atom stereocenters. The number of amides is 1. The van der Waals surface area contributed by atoms with E-state index in [2.05, 4.69) is 11.4 Å². The molecule has 0 bridgehead atoms. The third-order valence-electron chi connectivity index (χ3n) is 2.77. The van der Waals surface area contributed by atoms with Crippen molar-refractivity contribution in [2.75, 3.05) is 0 Å². The average Bonchev–Trinajstić information content (AvgIpc) is 2.97. The molecular weight excluding hydrogens is 270 g/mol. The van der Waals surface area contributed by atoms with E-state index in [1.807, 2.05) is 49.6 Å². The van der Waals surface area contributed by atoms with Gasteiger partial charge in [0.1, 0.15) is 0 Å². The predicted molar refractivity (Wildman–Crippen MR) is 81.9 cm³/mol. The van der Waals surface area contributed by atoms with Crippen LogP contribution in [0.3, 0.4) is 0 Å². The van der Waals surface area contributed by atoms with Crippen LogP contribution in [-0.2, 0) is 17.9 Å². The van der Waals surface area contributed by atoms with E-state index in [1.54, 1.807) is 0 Å². The van der Waals surface area contributed by atoms with Gasteiger partial charge in [-0.3, -0.25) is 4.79 Å². The zero-order valence-corrected chi connectivity index (χ0v) is 12.6. The van der Waals surface area contributed by atoms with Gasteiger partial charge in [0.05, 0.1) is 17.6 Å².